The molecule has 0 bridgehead atoms. The maximum atomic E-state index is 12.4. The van der Waals surface area contributed by atoms with Crippen molar-refractivity contribution in [3.8, 4) is 0 Å². The number of hydrogen-bond acceptors (Lipinski definition) is 7. The number of rotatable bonds is 9. The van der Waals surface area contributed by atoms with Crippen LogP contribution in [0.3, 0.4) is 0 Å². The van der Waals surface area contributed by atoms with Crippen molar-refractivity contribution in [2.24, 2.45) is 40.2 Å². The van der Waals surface area contributed by atoms with Gasteiger partial charge in [-0.2, -0.15) is 11.8 Å². The van der Waals surface area contributed by atoms with Crippen molar-refractivity contribution in [2.45, 2.75) is 90.7 Å². The van der Waals surface area contributed by atoms with Crippen LogP contribution in [-0.4, -0.2) is 48.5 Å². The van der Waals surface area contributed by atoms with Crippen LogP contribution in [0.1, 0.15) is 78.6 Å². The maximum absolute atomic E-state index is 12.4. The molecule has 8 atom stereocenters. The third-order valence-corrected chi connectivity index (χ3v) is 10.9. The number of allylic oxidation sites excluding steroid dienone is 2. The van der Waals surface area contributed by atoms with E-state index in [9.17, 15) is 14.4 Å². The van der Waals surface area contributed by atoms with Gasteiger partial charge >= 0.3 is 11.9 Å². The summed E-state index contributed by atoms with van der Waals surface area (Å²) in [4.78, 5) is 36.4. The fourth-order valence-electron chi connectivity index (χ4n) is 8.23. The molecule has 0 aromatic carbocycles. The number of esters is 2. The Morgan fingerprint density at radius 3 is 2.70 bits per heavy atom. The van der Waals surface area contributed by atoms with Gasteiger partial charge in [-0.25, -0.2) is 0 Å². The largest absolute Gasteiger partial charge is 0.462 e. The molecule has 0 spiro atoms. The number of ketones is 1. The zero-order valence-electron chi connectivity index (χ0n) is 23.0. The Labute approximate surface area is 226 Å². The summed E-state index contributed by atoms with van der Waals surface area (Å²) in [6.07, 6.45) is 16.3. The quantitative estimate of drug-likeness (QED) is 0.321. The highest BCUT2D eigenvalue weighted by atomic mass is 32.2. The van der Waals surface area contributed by atoms with Crippen molar-refractivity contribution in [1.29, 1.82) is 0 Å². The SMILES string of the molecule is CSCC[C@H](N)C(=O)OC/C=C/C[C@@H]1CC2=CC(=O)CC[C@]2(C)[C@H]2CC[C@]3(C)[C@@H](OC(C)=O)CC[C@H]3[C@H]12. The summed E-state index contributed by atoms with van der Waals surface area (Å²) in [7, 11) is 0. The van der Waals surface area contributed by atoms with E-state index in [0.717, 1.165) is 50.7 Å². The molecule has 0 aromatic rings. The van der Waals surface area contributed by atoms with Crippen LogP contribution in [0.2, 0.25) is 0 Å². The van der Waals surface area contributed by atoms with E-state index >= 15 is 0 Å². The highest BCUT2D eigenvalue weighted by Gasteiger charge is 2.61. The summed E-state index contributed by atoms with van der Waals surface area (Å²) in [6, 6.07) is -0.569. The average molecular weight is 532 g/mol. The molecule has 2 N–H and O–H groups in total. The molecule has 4 rings (SSSR count). The lowest BCUT2D eigenvalue weighted by molar-refractivity contribution is -0.158. The Morgan fingerprint density at radius 1 is 1.19 bits per heavy atom. The fraction of sp³-hybridized carbons (Fsp3) is 0.767. The lowest BCUT2D eigenvalue weighted by Crippen LogP contribution is -2.54. The summed E-state index contributed by atoms with van der Waals surface area (Å²) in [5, 5.41) is 0. The standard InChI is InChI=1S/C30H45NO5S/c1-19(32)36-26-9-8-23-27-20(7-5-6-15-35-28(34)25(31)12-16-37-4)17-21-18-22(33)10-13-29(21,2)24(27)11-14-30(23,26)3/h5-6,18,20,23-27H,7-17,31H2,1-4H3/b6-5+/t20-,23+,24+,25+,26+,27+,29+,30+/m1/s1. The van der Waals surface area contributed by atoms with Crippen molar-refractivity contribution >= 4 is 29.5 Å². The summed E-state index contributed by atoms with van der Waals surface area (Å²) < 4.78 is 11.2. The minimum atomic E-state index is -0.569. The third kappa shape index (κ3) is 5.73. The zero-order chi connectivity index (χ0) is 26.8. The van der Waals surface area contributed by atoms with Gasteiger partial charge in [-0.3, -0.25) is 14.4 Å². The Morgan fingerprint density at radius 2 is 1.97 bits per heavy atom. The Bertz CT molecular complexity index is 946. The number of ether oxygens (including phenoxy) is 2. The minimum Gasteiger partial charge on any atom is -0.462 e. The van der Waals surface area contributed by atoms with Gasteiger partial charge in [0.2, 0.25) is 0 Å². The first-order valence-corrected chi connectivity index (χ1v) is 15.5. The predicted molar refractivity (Wildman–Crippen MR) is 147 cm³/mol. The van der Waals surface area contributed by atoms with Crippen molar-refractivity contribution in [2.75, 3.05) is 18.6 Å². The van der Waals surface area contributed by atoms with Crippen molar-refractivity contribution in [1.82, 2.24) is 0 Å². The Hall–Kier alpha value is -1.60. The Balaban J connectivity index is 1.49. The van der Waals surface area contributed by atoms with Crippen LogP contribution in [0.25, 0.3) is 0 Å². The molecule has 0 unspecified atom stereocenters. The second-order valence-corrected chi connectivity index (χ2v) is 13.2. The molecule has 6 nitrogen and oxygen atoms in total. The molecule has 4 aliphatic rings. The first-order chi connectivity index (χ1) is 17.6. The van der Waals surface area contributed by atoms with Crippen LogP contribution in [0.15, 0.2) is 23.8 Å². The van der Waals surface area contributed by atoms with Gasteiger partial charge in [0.1, 0.15) is 18.8 Å². The van der Waals surface area contributed by atoms with Gasteiger partial charge in [-0.05, 0) is 98.5 Å². The summed E-state index contributed by atoms with van der Waals surface area (Å²) in [5.41, 5.74) is 7.36. The zero-order valence-corrected chi connectivity index (χ0v) is 23.8. The van der Waals surface area contributed by atoms with Crippen molar-refractivity contribution in [3.63, 3.8) is 0 Å². The van der Waals surface area contributed by atoms with Gasteiger partial charge < -0.3 is 15.2 Å². The van der Waals surface area contributed by atoms with Crippen LogP contribution in [0, 0.1) is 34.5 Å². The molecule has 0 radical (unpaired) electrons. The lowest BCUT2D eigenvalue weighted by atomic mass is 9.44. The smallest absolute Gasteiger partial charge is 0.323 e. The van der Waals surface area contributed by atoms with E-state index in [-0.39, 0.29) is 41.3 Å². The van der Waals surface area contributed by atoms with E-state index in [2.05, 4.69) is 19.9 Å². The van der Waals surface area contributed by atoms with Crippen molar-refractivity contribution in [3.05, 3.63) is 23.8 Å². The molecule has 206 valence electrons. The number of carbonyl (C=O) groups excluding carboxylic acids is 3. The lowest BCUT2D eigenvalue weighted by Gasteiger charge is -2.60. The summed E-state index contributed by atoms with van der Waals surface area (Å²) in [6.45, 7) is 6.51. The van der Waals surface area contributed by atoms with E-state index in [4.69, 9.17) is 15.2 Å². The molecule has 7 heteroatoms. The molecule has 0 aliphatic heterocycles. The first kappa shape index (κ1) is 28.4. The van der Waals surface area contributed by atoms with Crippen LogP contribution < -0.4 is 5.73 Å². The number of nitrogens with two attached hydrogens (primary N) is 1. The van der Waals surface area contributed by atoms with Gasteiger partial charge in [-0.15, -0.1) is 0 Å². The molecule has 4 aliphatic carbocycles. The number of carbonyl (C=O) groups is 3. The second kappa shape index (κ2) is 11.6. The van der Waals surface area contributed by atoms with Crippen LogP contribution in [0.4, 0.5) is 0 Å². The highest BCUT2D eigenvalue weighted by molar-refractivity contribution is 7.98. The molecule has 3 saturated carbocycles. The van der Waals surface area contributed by atoms with E-state index < -0.39 is 6.04 Å². The van der Waals surface area contributed by atoms with Crippen LogP contribution in [0.5, 0.6) is 0 Å². The van der Waals surface area contributed by atoms with Gasteiger partial charge in [0, 0.05) is 18.8 Å². The molecule has 37 heavy (non-hydrogen) atoms. The van der Waals surface area contributed by atoms with E-state index in [1.54, 1.807) is 11.8 Å². The molecular weight excluding hydrogens is 486 g/mol. The molecular formula is C30H45NO5S. The van der Waals surface area contributed by atoms with Gasteiger partial charge in [0.05, 0.1) is 0 Å². The van der Waals surface area contributed by atoms with E-state index in [1.807, 2.05) is 18.4 Å². The topological polar surface area (TPSA) is 95.7 Å². The number of fused-ring (bicyclic) bond motifs is 5. The molecule has 0 saturated heterocycles. The molecule has 0 amide bonds. The normalized spacial score (nSPS) is 37.8. The van der Waals surface area contributed by atoms with Gasteiger partial charge in [0.25, 0.3) is 0 Å². The third-order valence-electron chi connectivity index (χ3n) is 10.2. The van der Waals surface area contributed by atoms with E-state index in [1.165, 1.54) is 12.5 Å². The average Bonchev–Trinajstić information content (AvgIpc) is 3.18. The highest BCUT2D eigenvalue weighted by Crippen LogP contribution is 2.67. The summed E-state index contributed by atoms with van der Waals surface area (Å²) >= 11 is 1.67. The summed E-state index contributed by atoms with van der Waals surface area (Å²) in [5.74, 6) is 2.59. The monoisotopic (exact) mass is 531 g/mol. The van der Waals surface area contributed by atoms with Crippen molar-refractivity contribution < 1.29 is 23.9 Å². The molecule has 0 aromatic heterocycles. The first-order valence-electron chi connectivity index (χ1n) is 14.1. The number of hydrogen-bond donors (Lipinski definition) is 1. The second-order valence-electron chi connectivity index (χ2n) is 12.3. The molecule has 3 fully saturated rings. The van der Waals surface area contributed by atoms with Gasteiger partial charge in [-0.1, -0.05) is 31.6 Å². The van der Waals surface area contributed by atoms with E-state index in [0.29, 0.717) is 36.5 Å². The van der Waals surface area contributed by atoms with Gasteiger partial charge in [0.15, 0.2) is 5.78 Å². The predicted octanol–water partition coefficient (Wildman–Crippen LogP) is 5.25. The minimum absolute atomic E-state index is 0.000417. The van der Waals surface area contributed by atoms with Crippen LogP contribution >= 0.6 is 11.8 Å². The van der Waals surface area contributed by atoms with Crippen LogP contribution in [-0.2, 0) is 23.9 Å². The Kier molecular flexibility index (Phi) is 8.94. The fourth-order valence-corrected chi connectivity index (χ4v) is 8.72. The maximum Gasteiger partial charge on any atom is 0.323 e. The molecule has 0 heterocycles. The number of thioether (sulfide) groups is 1.